The van der Waals surface area contributed by atoms with E-state index >= 15 is 0 Å². The molecule has 1 aliphatic heterocycles. The predicted octanol–water partition coefficient (Wildman–Crippen LogP) is 1.86. The maximum absolute atomic E-state index is 5.48. The molecule has 1 N–H and O–H groups in total. The van der Waals surface area contributed by atoms with Gasteiger partial charge in [0.25, 0.3) is 0 Å². The van der Waals surface area contributed by atoms with Gasteiger partial charge in [0.1, 0.15) is 6.33 Å². The third-order valence-corrected chi connectivity index (χ3v) is 4.01. The maximum atomic E-state index is 5.48. The normalized spacial score (nSPS) is 19.7. The Bertz CT molecular complexity index is 402. The van der Waals surface area contributed by atoms with Crippen molar-refractivity contribution in [3.05, 3.63) is 6.33 Å². The van der Waals surface area contributed by atoms with Crippen LogP contribution in [0.25, 0.3) is 0 Å². The standard InChI is InChI=1S/C12H20N4OS/c1-4-13-11-10(17-3)12(15-8-14-11)16-5-6-18-9(2)7-16/h8-9H,4-7H2,1-3H3,(H,13,14,15). The highest BCUT2D eigenvalue weighted by Crippen LogP contribution is 2.34. The lowest BCUT2D eigenvalue weighted by atomic mass is 10.3. The molecular weight excluding hydrogens is 248 g/mol. The smallest absolute Gasteiger partial charge is 0.204 e. The maximum Gasteiger partial charge on any atom is 0.204 e. The average molecular weight is 268 g/mol. The van der Waals surface area contributed by atoms with Crippen LogP contribution in [0.1, 0.15) is 13.8 Å². The number of aromatic nitrogens is 2. The van der Waals surface area contributed by atoms with Crippen LogP contribution in [0.3, 0.4) is 0 Å². The fraction of sp³-hybridized carbons (Fsp3) is 0.667. The van der Waals surface area contributed by atoms with Crippen LogP contribution in [-0.4, -0.2) is 47.7 Å². The summed E-state index contributed by atoms with van der Waals surface area (Å²) in [6, 6.07) is 0. The molecule has 0 aromatic carbocycles. The lowest BCUT2D eigenvalue weighted by Gasteiger charge is -2.32. The molecule has 0 radical (unpaired) electrons. The fourth-order valence-corrected chi connectivity index (χ4v) is 3.10. The van der Waals surface area contributed by atoms with Gasteiger partial charge in [-0.2, -0.15) is 11.8 Å². The van der Waals surface area contributed by atoms with Gasteiger partial charge in [-0.25, -0.2) is 9.97 Å². The van der Waals surface area contributed by atoms with Crippen molar-refractivity contribution in [2.75, 3.05) is 42.7 Å². The minimum Gasteiger partial charge on any atom is -0.490 e. The Balaban J connectivity index is 2.28. The van der Waals surface area contributed by atoms with Crippen molar-refractivity contribution in [2.45, 2.75) is 19.1 Å². The monoisotopic (exact) mass is 268 g/mol. The van der Waals surface area contributed by atoms with Gasteiger partial charge in [-0.15, -0.1) is 0 Å². The first kappa shape index (κ1) is 13.3. The van der Waals surface area contributed by atoms with Gasteiger partial charge in [0.05, 0.1) is 7.11 Å². The molecule has 0 amide bonds. The summed E-state index contributed by atoms with van der Waals surface area (Å²) in [5, 5.41) is 3.84. The Morgan fingerprint density at radius 2 is 2.39 bits per heavy atom. The number of hydrogen-bond donors (Lipinski definition) is 1. The molecule has 1 aromatic rings. The zero-order valence-corrected chi connectivity index (χ0v) is 12.0. The molecule has 1 unspecified atom stereocenters. The number of rotatable bonds is 4. The minimum absolute atomic E-state index is 0.626. The van der Waals surface area contributed by atoms with E-state index in [1.807, 2.05) is 18.7 Å². The lowest BCUT2D eigenvalue weighted by molar-refractivity contribution is 0.412. The molecule has 1 aromatic heterocycles. The Kier molecular flexibility index (Phi) is 4.52. The van der Waals surface area contributed by atoms with E-state index in [1.54, 1.807) is 13.4 Å². The Morgan fingerprint density at radius 1 is 1.56 bits per heavy atom. The summed E-state index contributed by atoms with van der Waals surface area (Å²) in [4.78, 5) is 10.9. The van der Waals surface area contributed by atoms with E-state index in [9.17, 15) is 0 Å². The van der Waals surface area contributed by atoms with Crippen LogP contribution in [-0.2, 0) is 0 Å². The molecule has 6 heteroatoms. The van der Waals surface area contributed by atoms with Crippen LogP contribution < -0.4 is 15.0 Å². The van der Waals surface area contributed by atoms with E-state index in [-0.39, 0.29) is 0 Å². The first-order valence-electron chi connectivity index (χ1n) is 6.25. The summed E-state index contributed by atoms with van der Waals surface area (Å²) in [7, 11) is 1.67. The van der Waals surface area contributed by atoms with Gasteiger partial charge in [-0.05, 0) is 6.92 Å². The second-order valence-corrected chi connectivity index (χ2v) is 5.78. The molecule has 2 heterocycles. The van der Waals surface area contributed by atoms with Gasteiger partial charge >= 0.3 is 0 Å². The zero-order valence-electron chi connectivity index (χ0n) is 11.1. The SMILES string of the molecule is CCNc1ncnc(N2CCSC(C)C2)c1OC. The van der Waals surface area contributed by atoms with Gasteiger partial charge in [0, 0.05) is 30.6 Å². The number of nitrogens with one attached hydrogen (secondary N) is 1. The molecule has 100 valence electrons. The average Bonchev–Trinajstić information content (AvgIpc) is 2.39. The van der Waals surface area contributed by atoms with E-state index < -0.39 is 0 Å². The topological polar surface area (TPSA) is 50.3 Å². The first-order valence-corrected chi connectivity index (χ1v) is 7.30. The highest BCUT2D eigenvalue weighted by Gasteiger charge is 2.22. The molecular formula is C12H20N4OS. The van der Waals surface area contributed by atoms with Crippen LogP contribution in [0.5, 0.6) is 5.75 Å². The van der Waals surface area contributed by atoms with Gasteiger partial charge < -0.3 is 15.0 Å². The van der Waals surface area contributed by atoms with Crippen LogP contribution in [0.2, 0.25) is 0 Å². The van der Waals surface area contributed by atoms with Crippen LogP contribution in [0.15, 0.2) is 6.33 Å². The van der Waals surface area contributed by atoms with Crippen molar-refractivity contribution >= 4 is 23.4 Å². The van der Waals surface area contributed by atoms with Gasteiger partial charge in [-0.3, -0.25) is 0 Å². The fourth-order valence-electron chi connectivity index (χ4n) is 2.08. The van der Waals surface area contributed by atoms with Gasteiger partial charge in [0.15, 0.2) is 11.6 Å². The molecule has 2 rings (SSSR count). The Hall–Kier alpha value is -1.17. The Morgan fingerprint density at radius 3 is 3.06 bits per heavy atom. The highest BCUT2D eigenvalue weighted by atomic mass is 32.2. The van der Waals surface area contributed by atoms with Crippen molar-refractivity contribution in [1.82, 2.24) is 9.97 Å². The zero-order chi connectivity index (χ0) is 13.0. The second-order valence-electron chi connectivity index (χ2n) is 4.24. The summed E-state index contributed by atoms with van der Waals surface area (Å²) in [5.74, 6) is 3.55. The molecule has 0 spiro atoms. The van der Waals surface area contributed by atoms with E-state index in [0.717, 1.165) is 42.8 Å². The number of hydrogen-bond acceptors (Lipinski definition) is 6. The van der Waals surface area contributed by atoms with Crippen molar-refractivity contribution in [3.63, 3.8) is 0 Å². The molecule has 1 saturated heterocycles. The van der Waals surface area contributed by atoms with Crippen LogP contribution in [0.4, 0.5) is 11.6 Å². The summed E-state index contributed by atoms with van der Waals surface area (Å²) in [6.45, 7) is 7.12. The third-order valence-electron chi connectivity index (χ3n) is 2.87. The van der Waals surface area contributed by atoms with Gasteiger partial charge in [-0.1, -0.05) is 6.92 Å². The van der Waals surface area contributed by atoms with E-state index in [2.05, 4.69) is 27.1 Å². The summed E-state index contributed by atoms with van der Waals surface area (Å²) >= 11 is 2.00. The number of nitrogens with zero attached hydrogens (tertiary/aromatic N) is 3. The number of ether oxygens (including phenoxy) is 1. The third kappa shape index (κ3) is 2.80. The number of methoxy groups -OCH3 is 1. The van der Waals surface area contributed by atoms with Crippen LogP contribution >= 0.6 is 11.8 Å². The van der Waals surface area contributed by atoms with Gasteiger partial charge in [0.2, 0.25) is 5.75 Å². The summed E-state index contributed by atoms with van der Waals surface area (Å²) in [5.41, 5.74) is 0. The minimum atomic E-state index is 0.626. The second kappa shape index (κ2) is 6.13. The first-order chi connectivity index (χ1) is 8.76. The molecule has 1 fully saturated rings. The van der Waals surface area contributed by atoms with Crippen molar-refractivity contribution in [1.29, 1.82) is 0 Å². The lowest BCUT2D eigenvalue weighted by Crippen LogP contribution is -2.37. The van der Waals surface area contributed by atoms with E-state index in [4.69, 9.17) is 4.74 Å². The summed E-state index contributed by atoms with van der Waals surface area (Å²) in [6.07, 6.45) is 1.60. The quantitative estimate of drug-likeness (QED) is 0.899. The summed E-state index contributed by atoms with van der Waals surface area (Å²) < 4.78 is 5.48. The molecule has 0 saturated carbocycles. The number of thioether (sulfide) groups is 1. The van der Waals surface area contributed by atoms with Crippen molar-refractivity contribution in [3.8, 4) is 5.75 Å². The predicted molar refractivity (Wildman–Crippen MR) is 76.9 cm³/mol. The highest BCUT2D eigenvalue weighted by molar-refractivity contribution is 8.00. The molecule has 1 aliphatic rings. The van der Waals surface area contributed by atoms with Crippen LogP contribution in [0, 0.1) is 0 Å². The Labute approximate surface area is 112 Å². The van der Waals surface area contributed by atoms with Crippen molar-refractivity contribution in [2.24, 2.45) is 0 Å². The molecule has 0 bridgehead atoms. The molecule has 0 aliphatic carbocycles. The van der Waals surface area contributed by atoms with E-state index in [1.165, 1.54) is 0 Å². The molecule has 5 nitrogen and oxygen atoms in total. The van der Waals surface area contributed by atoms with Crippen molar-refractivity contribution < 1.29 is 4.74 Å². The molecule has 18 heavy (non-hydrogen) atoms. The number of anilines is 2. The van der Waals surface area contributed by atoms with E-state index in [0.29, 0.717) is 5.25 Å². The largest absolute Gasteiger partial charge is 0.490 e. The molecule has 1 atom stereocenters.